The van der Waals surface area contributed by atoms with Gasteiger partial charge in [-0.15, -0.1) is 0 Å². The average Bonchev–Trinajstić information content (AvgIpc) is 2.82. The topological polar surface area (TPSA) is 57.8 Å². The smallest absolute Gasteiger partial charge is 0.251 e. The second-order valence-electron chi connectivity index (χ2n) is 3.72. The monoisotopic (exact) mass is 233 g/mol. The zero-order valence-electron chi connectivity index (χ0n) is 9.33. The lowest BCUT2D eigenvalue weighted by Gasteiger charge is -2.06. The highest BCUT2D eigenvalue weighted by Crippen LogP contribution is 2.10. The van der Waals surface area contributed by atoms with Gasteiger partial charge in [0.15, 0.2) is 0 Å². The van der Waals surface area contributed by atoms with Crippen LogP contribution in [0.3, 0.4) is 0 Å². The fraction of sp³-hybridized carbons (Fsp3) is 0.167. The molecule has 88 valence electrons. The van der Waals surface area contributed by atoms with Crippen LogP contribution < -0.4 is 5.32 Å². The fourth-order valence-electron chi connectivity index (χ4n) is 1.49. The summed E-state index contributed by atoms with van der Waals surface area (Å²) in [6.45, 7) is 2.11. The predicted octanol–water partition coefficient (Wildman–Crippen LogP) is 1.79. The first-order valence-electron chi connectivity index (χ1n) is 5.18. The van der Waals surface area contributed by atoms with Crippen LogP contribution in [0.5, 0.6) is 0 Å². The van der Waals surface area contributed by atoms with E-state index in [2.05, 4.69) is 15.3 Å². The Morgan fingerprint density at radius 1 is 1.53 bits per heavy atom. The summed E-state index contributed by atoms with van der Waals surface area (Å²) in [6.07, 6.45) is 3.16. The van der Waals surface area contributed by atoms with Crippen LogP contribution in [0.25, 0.3) is 0 Å². The quantitative estimate of drug-likeness (QED) is 0.849. The third-order valence-electron chi connectivity index (χ3n) is 2.44. The van der Waals surface area contributed by atoms with E-state index in [9.17, 15) is 9.18 Å². The van der Waals surface area contributed by atoms with Crippen LogP contribution in [0.1, 0.15) is 21.6 Å². The van der Waals surface area contributed by atoms with Crippen molar-refractivity contribution >= 4 is 5.91 Å². The van der Waals surface area contributed by atoms with Crippen molar-refractivity contribution < 1.29 is 9.18 Å². The molecule has 1 aromatic carbocycles. The van der Waals surface area contributed by atoms with E-state index in [0.29, 0.717) is 12.1 Å². The number of hydrogen-bond donors (Lipinski definition) is 2. The number of halogens is 1. The van der Waals surface area contributed by atoms with E-state index in [1.807, 2.05) is 0 Å². The molecule has 1 aromatic heterocycles. The summed E-state index contributed by atoms with van der Waals surface area (Å²) in [7, 11) is 0. The van der Waals surface area contributed by atoms with Gasteiger partial charge >= 0.3 is 0 Å². The number of imidazole rings is 1. The van der Waals surface area contributed by atoms with Crippen LogP contribution in [0, 0.1) is 12.7 Å². The van der Waals surface area contributed by atoms with Crippen molar-refractivity contribution in [1.29, 1.82) is 0 Å². The van der Waals surface area contributed by atoms with Gasteiger partial charge in [-0.3, -0.25) is 4.79 Å². The molecular formula is C12H12FN3O. The molecule has 0 atom stereocenters. The summed E-state index contributed by atoms with van der Waals surface area (Å²) >= 11 is 0. The lowest BCUT2D eigenvalue weighted by atomic mass is 10.1. The summed E-state index contributed by atoms with van der Waals surface area (Å²) in [5.41, 5.74) is 1.89. The lowest BCUT2D eigenvalue weighted by Crippen LogP contribution is -2.23. The largest absolute Gasteiger partial charge is 0.347 e. The van der Waals surface area contributed by atoms with Crippen LogP contribution in [-0.4, -0.2) is 15.9 Å². The minimum atomic E-state index is -0.415. The molecule has 0 fully saturated rings. The Bertz CT molecular complexity index is 523. The van der Waals surface area contributed by atoms with Gasteiger partial charge in [0.25, 0.3) is 5.91 Å². The molecule has 0 aliphatic rings. The number of carbonyl (C=O) groups excluding carboxylic acids is 1. The molecule has 0 saturated heterocycles. The number of aryl methyl sites for hydroxylation is 1. The molecule has 0 saturated carbocycles. The highest BCUT2D eigenvalue weighted by atomic mass is 19.1. The lowest BCUT2D eigenvalue weighted by molar-refractivity contribution is 0.0949. The summed E-state index contributed by atoms with van der Waals surface area (Å²) in [5.74, 6) is -0.709. The summed E-state index contributed by atoms with van der Waals surface area (Å²) < 4.78 is 13.0. The Balaban J connectivity index is 2.07. The van der Waals surface area contributed by atoms with Gasteiger partial charge in [0.2, 0.25) is 0 Å². The van der Waals surface area contributed by atoms with Gasteiger partial charge in [0.05, 0.1) is 18.6 Å². The second-order valence-corrected chi connectivity index (χ2v) is 3.72. The van der Waals surface area contributed by atoms with E-state index in [1.54, 1.807) is 19.2 Å². The third kappa shape index (κ3) is 2.69. The molecule has 2 rings (SSSR count). The van der Waals surface area contributed by atoms with Crippen molar-refractivity contribution in [2.24, 2.45) is 0 Å². The van der Waals surface area contributed by atoms with Gasteiger partial charge in [0, 0.05) is 11.8 Å². The van der Waals surface area contributed by atoms with Crippen molar-refractivity contribution in [2.45, 2.75) is 13.5 Å². The number of H-pyrrole nitrogens is 1. The maximum atomic E-state index is 13.0. The van der Waals surface area contributed by atoms with Crippen molar-refractivity contribution in [2.75, 3.05) is 0 Å². The molecule has 1 amide bonds. The van der Waals surface area contributed by atoms with E-state index in [4.69, 9.17) is 0 Å². The minimum Gasteiger partial charge on any atom is -0.347 e. The number of rotatable bonds is 3. The summed E-state index contributed by atoms with van der Waals surface area (Å²) in [6, 6.07) is 4.15. The Labute approximate surface area is 97.9 Å². The molecule has 17 heavy (non-hydrogen) atoms. The van der Waals surface area contributed by atoms with Gasteiger partial charge in [-0.2, -0.15) is 0 Å². The van der Waals surface area contributed by atoms with E-state index < -0.39 is 5.82 Å². The molecule has 1 heterocycles. The molecule has 4 nitrogen and oxygen atoms in total. The first-order valence-corrected chi connectivity index (χ1v) is 5.18. The molecule has 0 aliphatic heterocycles. The molecule has 0 aliphatic carbocycles. The first-order chi connectivity index (χ1) is 8.16. The van der Waals surface area contributed by atoms with Crippen LogP contribution in [-0.2, 0) is 6.54 Å². The second kappa shape index (κ2) is 4.78. The number of hydrogen-bond acceptors (Lipinski definition) is 2. The molecule has 0 unspecified atom stereocenters. The zero-order valence-corrected chi connectivity index (χ0v) is 9.33. The number of carbonyl (C=O) groups is 1. The van der Waals surface area contributed by atoms with Crippen molar-refractivity contribution in [3.8, 4) is 0 Å². The van der Waals surface area contributed by atoms with Crippen molar-refractivity contribution in [1.82, 2.24) is 15.3 Å². The van der Waals surface area contributed by atoms with Crippen LogP contribution in [0.4, 0.5) is 4.39 Å². The van der Waals surface area contributed by atoms with Gasteiger partial charge in [-0.25, -0.2) is 9.37 Å². The average molecular weight is 233 g/mol. The highest BCUT2D eigenvalue weighted by molar-refractivity contribution is 5.95. The molecule has 0 bridgehead atoms. The van der Waals surface area contributed by atoms with Gasteiger partial charge in [-0.05, 0) is 24.6 Å². The Morgan fingerprint density at radius 2 is 2.35 bits per heavy atom. The normalized spacial score (nSPS) is 10.2. The summed E-state index contributed by atoms with van der Waals surface area (Å²) in [5, 5.41) is 2.69. The molecule has 2 N–H and O–H groups in total. The number of aromatic nitrogens is 2. The third-order valence-corrected chi connectivity index (χ3v) is 2.44. The Hall–Kier alpha value is -2.17. The number of nitrogens with zero attached hydrogens (tertiary/aromatic N) is 1. The van der Waals surface area contributed by atoms with Gasteiger partial charge in [0.1, 0.15) is 5.82 Å². The number of benzene rings is 1. The number of amides is 1. The molecular weight excluding hydrogens is 221 g/mol. The maximum absolute atomic E-state index is 13.0. The van der Waals surface area contributed by atoms with Crippen LogP contribution in [0.2, 0.25) is 0 Å². The first kappa shape index (κ1) is 11.3. The van der Waals surface area contributed by atoms with Crippen LogP contribution >= 0.6 is 0 Å². The fourth-order valence-corrected chi connectivity index (χ4v) is 1.49. The molecule has 0 radical (unpaired) electrons. The Morgan fingerprint density at radius 3 is 3.06 bits per heavy atom. The highest BCUT2D eigenvalue weighted by Gasteiger charge is 2.09. The minimum absolute atomic E-state index is 0.295. The zero-order chi connectivity index (χ0) is 12.3. The number of aromatic amines is 1. The van der Waals surface area contributed by atoms with Crippen molar-refractivity contribution in [3.63, 3.8) is 0 Å². The van der Waals surface area contributed by atoms with E-state index in [1.165, 1.54) is 18.5 Å². The predicted molar refractivity (Wildman–Crippen MR) is 60.9 cm³/mol. The van der Waals surface area contributed by atoms with Crippen LogP contribution in [0.15, 0.2) is 30.7 Å². The Kier molecular flexibility index (Phi) is 3.18. The van der Waals surface area contributed by atoms with E-state index in [-0.39, 0.29) is 5.91 Å². The summed E-state index contributed by atoms with van der Waals surface area (Å²) in [4.78, 5) is 18.5. The molecule has 5 heteroatoms. The molecule has 2 aromatic rings. The van der Waals surface area contributed by atoms with E-state index in [0.717, 1.165) is 11.3 Å². The van der Waals surface area contributed by atoms with E-state index >= 15 is 0 Å². The standard InChI is InChI=1S/C12H12FN3O/c1-8-2-3-9(13)4-11(8)12(17)15-6-10-5-14-7-16-10/h2-5,7H,6H2,1H3,(H,14,16)(H,15,17). The number of nitrogens with one attached hydrogen (secondary N) is 2. The van der Waals surface area contributed by atoms with Crippen molar-refractivity contribution in [3.05, 3.63) is 53.4 Å². The maximum Gasteiger partial charge on any atom is 0.251 e. The molecule has 0 spiro atoms. The SMILES string of the molecule is Cc1ccc(F)cc1C(=O)NCc1cnc[nH]1. The van der Waals surface area contributed by atoms with Gasteiger partial charge < -0.3 is 10.3 Å². The van der Waals surface area contributed by atoms with Gasteiger partial charge in [-0.1, -0.05) is 6.07 Å².